The summed E-state index contributed by atoms with van der Waals surface area (Å²) < 4.78 is 71.4. The molecular weight excluding hydrogens is 475 g/mol. The minimum absolute atomic E-state index is 0.143. The quantitative estimate of drug-likeness (QED) is 0.599. The van der Waals surface area contributed by atoms with E-state index in [4.69, 9.17) is 4.42 Å². The van der Waals surface area contributed by atoms with Gasteiger partial charge in [0, 0.05) is 23.7 Å². The van der Waals surface area contributed by atoms with Crippen LogP contribution in [0, 0.1) is 5.41 Å². The predicted molar refractivity (Wildman–Crippen MR) is 111 cm³/mol. The van der Waals surface area contributed by atoms with Gasteiger partial charge in [-0.1, -0.05) is 25.3 Å². The van der Waals surface area contributed by atoms with Crippen molar-refractivity contribution in [1.82, 2.24) is 20.4 Å². The van der Waals surface area contributed by atoms with Crippen LogP contribution in [0.2, 0.25) is 0 Å². The highest BCUT2D eigenvalue weighted by molar-refractivity contribution is 5.99. The van der Waals surface area contributed by atoms with Gasteiger partial charge in [0.2, 0.25) is 11.8 Å². The minimum atomic E-state index is -4.62. The molecule has 0 unspecified atom stereocenters. The summed E-state index contributed by atoms with van der Waals surface area (Å²) in [6, 6.07) is 3.71. The van der Waals surface area contributed by atoms with Crippen LogP contribution in [0.3, 0.4) is 0 Å². The highest BCUT2D eigenvalue weighted by atomic mass is 19.4. The molecule has 2 heterocycles. The van der Waals surface area contributed by atoms with E-state index in [0.717, 1.165) is 12.8 Å². The van der Waals surface area contributed by atoms with Gasteiger partial charge >= 0.3 is 12.6 Å². The van der Waals surface area contributed by atoms with E-state index in [0.29, 0.717) is 36.0 Å². The molecule has 0 bridgehead atoms. The van der Waals surface area contributed by atoms with Crippen molar-refractivity contribution in [3.8, 4) is 11.5 Å². The van der Waals surface area contributed by atoms with E-state index in [1.165, 1.54) is 6.07 Å². The Hall–Kier alpha value is -3.05. The lowest BCUT2D eigenvalue weighted by molar-refractivity contribution is -0.243. The van der Waals surface area contributed by atoms with Crippen molar-refractivity contribution >= 4 is 11.8 Å². The van der Waals surface area contributed by atoms with Gasteiger partial charge in [-0.3, -0.25) is 9.59 Å². The van der Waals surface area contributed by atoms with Crippen molar-refractivity contribution < 1.29 is 36.0 Å². The largest absolute Gasteiger partial charge is 0.415 e. The van der Waals surface area contributed by atoms with Crippen molar-refractivity contribution in [1.29, 1.82) is 0 Å². The molecule has 188 valence electrons. The van der Waals surface area contributed by atoms with E-state index in [2.05, 4.69) is 15.5 Å². The third kappa shape index (κ3) is 3.96. The van der Waals surface area contributed by atoms with Crippen LogP contribution in [0.15, 0.2) is 22.6 Å². The third-order valence-corrected chi connectivity index (χ3v) is 7.45. The number of fused-ring (bicyclic) bond motifs is 1. The van der Waals surface area contributed by atoms with Crippen molar-refractivity contribution in [2.24, 2.45) is 5.41 Å². The fourth-order valence-electron chi connectivity index (χ4n) is 5.29. The SMILES string of the molecule is O=C1c2cc(-c3nnc(C(F)F)o3)ccc2CN1[C@@H]1CCCC[C@H]1NC(=O)C1(C(F)(F)F)CCC1. The van der Waals surface area contributed by atoms with Crippen molar-refractivity contribution in [2.45, 2.75) is 76.2 Å². The van der Waals surface area contributed by atoms with Gasteiger partial charge in [0.15, 0.2) is 0 Å². The van der Waals surface area contributed by atoms with Gasteiger partial charge in [-0.15, -0.1) is 10.2 Å². The highest BCUT2D eigenvalue weighted by Crippen LogP contribution is 2.53. The van der Waals surface area contributed by atoms with E-state index >= 15 is 0 Å². The predicted octanol–water partition coefficient (Wildman–Crippen LogP) is 4.79. The van der Waals surface area contributed by atoms with Gasteiger partial charge in [0.25, 0.3) is 11.8 Å². The first kappa shape index (κ1) is 23.7. The summed E-state index contributed by atoms with van der Waals surface area (Å²) in [5.74, 6) is -2.31. The smallest absolute Gasteiger partial charge is 0.403 e. The van der Waals surface area contributed by atoms with Gasteiger partial charge in [-0.25, -0.2) is 0 Å². The Labute approximate surface area is 197 Å². The first-order valence-electron chi connectivity index (χ1n) is 11.5. The minimum Gasteiger partial charge on any atom is -0.415 e. The molecule has 0 radical (unpaired) electrons. The number of alkyl halides is 5. The molecule has 12 heteroatoms. The van der Waals surface area contributed by atoms with Crippen LogP contribution in [-0.4, -0.2) is 45.2 Å². The van der Waals surface area contributed by atoms with Crippen LogP contribution in [0.25, 0.3) is 11.5 Å². The van der Waals surface area contributed by atoms with Gasteiger partial charge in [0.05, 0.1) is 6.04 Å². The second kappa shape index (κ2) is 8.56. The molecule has 2 saturated carbocycles. The zero-order chi connectivity index (χ0) is 25.0. The second-order valence-corrected chi connectivity index (χ2v) is 9.42. The van der Waals surface area contributed by atoms with E-state index < -0.39 is 41.9 Å². The normalized spacial score (nSPS) is 23.8. The molecule has 1 aliphatic heterocycles. The Balaban J connectivity index is 1.35. The zero-order valence-corrected chi connectivity index (χ0v) is 18.6. The lowest BCUT2D eigenvalue weighted by Gasteiger charge is -2.44. The zero-order valence-electron chi connectivity index (χ0n) is 18.6. The molecule has 1 N–H and O–H groups in total. The summed E-state index contributed by atoms with van der Waals surface area (Å²) in [7, 11) is 0. The Morgan fingerprint density at radius 1 is 1.14 bits per heavy atom. The Morgan fingerprint density at radius 2 is 1.89 bits per heavy atom. The van der Waals surface area contributed by atoms with E-state index in [1.54, 1.807) is 17.0 Å². The van der Waals surface area contributed by atoms with Gasteiger partial charge in [0.1, 0.15) is 5.41 Å². The lowest BCUT2D eigenvalue weighted by Crippen LogP contribution is -2.60. The number of aromatic nitrogens is 2. The Bertz CT molecular complexity index is 1140. The van der Waals surface area contributed by atoms with Crippen LogP contribution < -0.4 is 5.32 Å². The van der Waals surface area contributed by atoms with Crippen molar-refractivity contribution in [2.75, 3.05) is 0 Å². The Kier molecular flexibility index (Phi) is 5.79. The molecule has 2 atom stereocenters. The summed E-state index contributed by atoms with van der Waals surface area (Å²) in [4.78, 5) is 27.6. The lowest BCUT2D eigenvalue weighted by atomic mass is 9.67. The van der Waals surface area contributed by atoms with Crippen molar-refractivity contribution in [3.05, 3.63) is 35.2 Å². The first-order chi connectivity index (χ1) is 16.6. The molecule has 2 fully saturated rings. The number of hydrogen-bond acceptors (Lipinski definition) is 5. The summed E-state index contributed by atoms with van der Waals surface area (Å²) in [5.41, 5.74) is -1.01. The molecule has 35 heavy (non-hydrogen) atoms. The number of halogens is 5. The summed E-state index contributed by atoms with van der Waals surface area (Å²) >= 11 is 0. The summed E-state index contributed by atoms with van der Waals surface area (Å²) in [6.07, 6.45) is -5.08. The monoisotopic (exact) mass is 498 g/mol. The molecule has 7 nitrogen and oxygen atoms in total. The first-order valence-corrected chi connectivity index (χ1v) is 11.5. The van der Waals surface area contributed by atoms with Crippen molar-refractivity contribution in [3.63, 3.8) is 0 Å². The Morgan fingerprint density at radius 3 is 2.51 bits per heavy atom. The molecule has 1 aromatic heterocycles. The van der Waals surface area contributed by atoms with E-state index in [-0.39, 0.29) is 31.2 Å². The van der Waals surface area contributed by atoms with Crippen LogP contribution in [0.5, 0.6) is 0 Å². The molecule has 0 saturated heterocycles. The number of rotatable bonds is 5. The molecule has 3 aliphatic rings. The second-order valence-electron chi connectivity index (χ2n) is 9.42. The number of carbonyl (C=O) groups is 2. The number of hydrogen-bond donors (Lipinski definition) is 1. The fraction of sp³-hybridized carbons (Fsp3) is 0.565. The topological polar surface area (TPSA) is 88.3 Å². The maximum Gasteiger partial charge on any atom is 0.403 e. The van der Waals surface area contributed by atoms with E-state index in [1.807, 2.05) is 0 Å². The molecule has 2 amide bonds. The summed E-state index contributed by atoms with van der Waals surface area (Å²) in [5, 5.41) is 9.54. The average molecular weight is 498 g/mol. The molecule has 2 aromatic rings. The highest BCUT2D eigenvalue weighted by Gasteiger charge is 2.63. The molecule has 1 aromatic carbocycles. The molecule has 5 rings (SSSR count). The summed E-state index contributed by atoms with van der Waals surface area (Å²) in [6.45, 7) is 0.238. The van der Waals surface area contributed by atoms with E-state index in [9.17, 15) is 31.5 Å². The third-order valence-electron chi connectivity index (χ3n) is 7.45. The molecule has 0 spiro atoms. The fourth-order valence-corrected chi connectivity index (χ4v) is 5.29. The average Bonchev–Trinajstić information content (AvgIpc) is 3.38. The van der Waals surface area contributed by atoms with Gasteiger partial charge in [-0.05, 0) is 43.4 Å². The van der Waals surface area contributed by atoms with Gasteiger partial charge in [-0.2, -0.15) is 22.0 Å². The number of amides is 2. The molecule has 2 aliphatic carbocycles. The maximum absolute atomic E-state index is 13.6. The maximum atomic E-state index is 13.6. The van der Waals surface area contributed by atoms with Crippen LogP contribution in [0.1, 0.15) is 73.2 Å². The van der Waals surface area contributed by atoms with Crippen LogP contribution in [-0.2, 0) is 11.3 Å². The number of benzene rings is 1. The van der Waals surface area contributed by atoms with Gasteiger partial charge < -0.3 is 14.6 Å². The molecular formula is C23H23F5N4O3. The van der Waals surface area contributed by atoms with Crippen LogP contribution >= 0.6 is 0 Å². The number of nitrogens with zero attached hydrogens (tertiary/aromatic N) is 3. The number of carbonyl (C=O) groups excluding carboxylic acids is 2. The van der Waals surface area contributed by atoms with Crippen LogP contribution in [0.4, 0.5) is 22.0 Å². The standard InChI is InChI=1S/C23H23F5N4O3/c24-17(25)19-31-30-18(35-19)12-6-7-13-11-32(20(33)14(13)10-12)16-5-2-1-4-15(16)29-21(34)22(8-3-9-22)23(26,27)28/h6-7,10,15-17H,1-5,8-9,11H2,(H,29,34)/t15-,16-/m1/s1. The number of nitrogens with one attached hydrogen (secondary N) is 1.